The van der Waals surface area contributed by atoms with Crippen molar-refractivity contribution < 1.29 is 9.84 Å². The van der Waals surface area contributed by atoms with Crippen molar-refractivity contribution in [3.8, 4) is 5.75 Å². The number of aliphatic hydroxyl groups excluding tert-OH is 1. The molecule has 0 saturated carbocycles. The van der Waals surface area contributed by atoms with Gasteiger partial charge >= 0.3 is 0 Å². The molecule has 1 unspecified atom stereocenters. The Morgan fingerprint density at radius 1 is 1.08 bits per heavy atom. The van der Waals surface area contributed by atoms with Crippen LogP contribution in [0.4, 0.5) is 0 Å². The molecule has 3 aliphatic rings. The molecule has 1 fully saturated rings. The summed E-state index contributed by atoms with van der Waals surface area (Å²) in [6.45, 7) is 5.31. The van der Waals surface area contributed by atoms with Gasteiger partial charge in [-0.3, -0.25) is 14.3 Å². The number of piperidine rings is 1. The fourth-order valence-corrected chi connectivity index (χ4v) is 6.39. The van der Waals surface area contributed by atoms with Crippen LogP contribution < -0.4 is 10.3 Å². The molecule has 2 aliphatic heterocycles. The van der Waals surface area contributed by atoms with E-state index in [0.717, 1.165) is 74.4 Å². The lowest BCUT2D eigenvalue weighted by Gasteiger charge is -2.30. The van der Waals surface area contributed by atoms with E-state index in [4.69, 9.17) is 9.72 Å². The molecule has 7 nitrogen and oxygen atoms in total. The van der Waals surface area contributed by atoms with Crippen LogP contribution in [0.15, 0.2) is 46.9 Å². The highest BCUT2D eigenvalue weighted by Crippen LogP contribution is 2.38. The molecule has 0 amide bonds. The zero-order valence-corrected chi connectivity index (χ0v) is 22.4. The summed E-state index contributed by atoms with van der Waals surface area (Å²) in [7, 11) is 1.73. The van der Waals surface area contributed by atoms with Crippen molar-refractivity contribution in [1.29, 1.82) is 0 Å². The minimum atomic E-state index is -0.632. The number of aliphatic hydroxyl groups is 1. The summed E-state index contributed by atoms with van der Waals surface area (Å²) in [4.78, 5) is 25.2. The maximum absolute atomic E-state index is 13.2. The van der Waals surface area contributed by atoms with Crippen LogP contribution in [-0.4, -0.2) is 51.3 Å². The van der Waals surface area contributed by atoms with Crippen LogP contribution in [0.3, 0.4) is 0 Å². The van der Waals surface area contributed by atoms with Gasteiger partial charge in [0.15, 0.2) is 0 Å². The Kier molecular flexibility index (Phi) is 6.89. The number of benzene rings is 1. The molecular weight excluding hydrogens is 476 g/mol. The third kappa shape index (κ3) is 4.58. The predicted octanol–water partition coefficient (Wildman–Crippen LogP) is 4.02. The van der Waals surface area contributed by atoms with Crippen molar-refractivity contribution in [1.82, 2.24) is 19.4 Å². The minimum Gasteiger partial charge on any atom is -0.497 e. The zero-order valence-electron chi connectivity index (χ0n) is 22.4. The Labute approximate surface area is 223 Å². The maximum Gasteiger partial charge on any atom is 0.257 e. The number of pyridine rings is 1. The van der Waals surface area contributed by atoms with Gasteiger partial charge in [0.05, 0.1) is 12.8 Å². The van der Waals surface area contributed by atoms with Crippen LogP contribution in [-0.2, 0) is 25.8 Å². The van der Waals surface area contributed by atoms with Crippen LogP contribution in [0.1, 0.15) is 71.3 Å². The third-order valence-electron chi connectivity index (χ3n) is 8.52. The number of ether oxygens (including phenoxy) is 1. The summed E-state index contributed by atoms with van der Waals surface area (Å²) < 4.78 is 7.22. The van der Waals surface area contributed by atoms with E-state index >= 15 is 0 Å². The van der Waals surface area contributed by atoms with Crippen molar-refractivity contribution in [3.63, 3.8) is 0 Å². The summed E-state index contributed by atoms with van der Waals surface area (Å²) in [6, 6.07) is 10.7. The van der Waals surface area contributed by atoms with Gasteiger partial charge in [-0.1, -0.05) is 17.7 Å². The van der Waals surface area contributed by atoms with Gasteiger partial charge in [0.2, 0.25) is 0 Å². The first-order valence-electron chi connectivity index (χ1n) is 13.9. The second kappa shape index (κ2) is 10.5. The molecule has 7 heteroatoms. The highest BCUT2D eigenvalue weighted by atomic mass is 16.5. The standard InChI is InChI=1S/C31H36N4O3/c1-20-25(31(37)35-15-4-6-27(36)30(35)33-20)13-18-34-16-11-21(12-17-34)28-26-10-9-24(38-2)19-23(26)8-7-22-5-3-14-32-29(22)28/h3,5,9-10,14,19,27,36H,4,6-8,11-13,15-18H2,1-2H3. The summed E-state index contributed by atoms with van der Waals surface area (Å²) in [5.74, 6) is 1.44. The molecule has 4 heterocycles. The largest absolute Gasteiger partial charge is 0.497 e. The summed E-state index contributed by atoms with van der Waals surface area (Å²) in [5.41, 5.74) is 9.41. The van der Waals surface area contributed by atoms with Gasteiger partial charge in [0.25, 0.3) is 5.56 Å². The molecule has 3 aromatic rings. The van der Waals surface area contributed by atoms with Gasteiger partial charge < -0.3 is 14.7 Å². The molecule has 1 atom stereocenters. The maximum atomic E-state index is 13.2. The lowest BCUT2D eigenvalue weighted by atomic mass is 9.88. The van der Waals surface area contributed by atoms with E-state index in [-0.39, 0.29) is 5.56 Å². The van der Waals surface area contributed by atoms with Gasteiger partial charge in [-0.2, -0.15) is 0 Å². The number of hydrogen-bond acceptors (Lipinski definition) is 6. The van der Waals surface area contributed by atoms with E-state index in [1.807, 2.05) is 19.2 Å². The van der Waals surface area contributed by atoms with Crippen LogP contribution >= 0.6 is 0 Å². The number of hydrogen-bond donors (Lipinski definition) is 1. The van der Waals surface area contributed by atoms with Crippen LogP contribution in [0.5, 0.6) is 5.75 Å². The first-order valence-corrected chi connectivity index (χ1v) is 13.9. The molecular formula is C31H36N4O3. The second-order valence-corrected chi connectivity index (χ2v) is 10.8. The molecule has 2 aromatic heterocycles. The van der Waals surface area contributed by atoms with Gasteiger partial charge in [-0.05, 0) is 86.8 Å². The smallest absolute Gasteiger partial charge is 0.257 e. The number of aromatic nitrogens is 3. The van der Waals surface area contributed by atoms with E-state index in [1.165, 1.54) is 27.8 Å². The Bertz CT molecular complexity index is 1450. The van der Waals surface area contributed by atoms with Crippen molar-refractivity contribution in [2.75, 3.05) is 26.7 Å². The number of nitrogens with zero attached hydrogens (tertiary/aromatic N) is 4. The van der Waals surface area contributed by atoms with E-state index in [0.29, 0.717) is 25.2 Å². The van der Waals surface area contributed by atoms with Gasteiger partial charge in [0, 0.05) is 49.2 Å². The van der Waals surface area contributed by atoms with Crippen LogP contribution in [0, 0.1) is 6.92 Å². The topological polar surface area (TPSA) is 80.5 Å². The van der Waals surface area contributed by atoms with E-state index in [2.05, 4.69) is 34.1 Å². The molecule has 1 aliphatic carbocycles. The predicted molar refractivity (Wildman–Crippen MR) is 147 cm³/mol. The normalized spacial score (nSPS) is 19.4. The SMILES string of the molecule is COc1ccc2c(c1)CCc1cccnc1C2=C1CCN(CCc2c(C)nc3n(c2=O)CCCC3O)CC1. The number of likely N-dealkylation sites (tertiary alicyclic amines) is 1. The fourth-order valence-electron chi connectivity index (χ4n) is 6.39. The quantitative estimate of drug-likeness (QED) is 0.569. The summed E-state index contributed by atoms with van der Waals surface area (Å²) >= 11 is 0. The minimum absolute atomic E-state index is 0.0271. The monoisotopic (exact) mass is 512 g/mol. The molecule has 6 rings (SSSR count). The van der Waals surface area contributed by atoms with Crippen molar-refractivity contribution in [2.45, 2.75) is 64.5 Å². The van der Waals surface area contributed by atoms with E-state index < -0.39 is 6.10 Å². The number of aryl methyl sites for hydroxylation is 3. The molecule has 198 valence electrons. The third-order valence-corrected chi connectivity index (χ3v) is 8.52. The summed E-state index contributed by atoms with van der Waals surface area (Å²) in [5, 5.41) is 10.3. The molecule has 38 heavy (non-hydrogen) atoms. The molecule has 0 bridgehead atoms. The van der Waals surface area contributed by atoms with Gasteiger partial charge in [-0.25, -0.2) is 4.98 Å². The average molecular weight is 513 g/mol. The lowest BCUT2D eigenvalue weighted by molar-refractivity contribution is 0.129. The van der Waals surface area contributed by atoms with Gasteiger partial charge in [-0.15, -0.1) is 0 Å². The molecule has 1 N–H and O–H groups in total. The number of rotatable bonds is 4. The Hall–Kier alpha value is -3.29. The Morgan fingerprint density at radius 2 is 1.89 bits per heavy atom. The van der Waals surface area contributed by atoms with Crippen LogP contribution in [0.25, 0.3) is 5.57 Å². The highest BCUT2D eigenvalue weighted by molar-refractivity contribution is 5.84. The molecule has 1 aromatic carbocycles. The lowest BCUT2D eigenvalue weighted by Crippen LogP contribution is -2.37. The number of methoxy groups -OCH3 is 1. The van der Waals surface area contributed by atoms with E-state index in [9.17, 15) is 9.90 Å². The molecule has 1 saturated heterocycles. The average Bonchev–Trinajstić information content (AvgIpc) is 3.10. The zero-order chi connectivity index (χ0) is 26.2. The first kappa shape index (κ1) is 25.0. The van der Waals surface area contributed by atoms with Crippen molar-refractivity contribution >= 4 is 5.57 Å². The Balaban J connectivity index is 1.23. The molecule has 0 radical (unpaired) electrons. The second-order valence-electron chi connectivity index (χ2n) is 10.8. The summed E-state index contributed by atoms with van der Waals surface area (Å²) in [6.07, 6.45) is 7.40. The van der Waals surface area contributed by atoms with Crippen molar-refractivity contribution in [2.24, 2.45) is 0 Å². The van der Waals surface area contributed by atoms with E-state index in [1.54, 1.807) is 11.7 Å². The highest BCUT2D eigenvalue weighted by Gasteiger charge is 2.27. The van der Waals surface area contributed by atoms with Crippen molar-refractivity contribution in [3.05, 3.63) is 91.9 Å². The van der Waals surface area contributed by atoms with Gasteiger partial charge in [0.1, 0.15) is 17.7 Å². The number of fused-ring (bicyclic) bond motifs is 3. The fraction of sp³-hybridized carbons (Fsp3) is 0.452. The Morgan fingerprint density at radius 3 is 2.71 bits per heavy atom. The van der Waals surface area contributed by atoms with Crippen LogP contribution in [0.2, 0.25) is 0 Å². The first-order chi connectivity index (χ1) is 18.5. The molecule has 0 spiro atoms.